The van der Waals surface area contributed by atoms with Crippen molar-refractivity contribution in [3.63, 3.8) is 0 Å². The lowest BCUT2D eigenvalue weighted by Gasteiger charge is -2.36. The first kappa shape index (κ1) is 20.2. The van der Waals surface area contributed by atoms with Crippen LogP contribution in [0.15, 0.2) is 71.9 Å². The molecule has 6 nitrogen and oxygen atoms in total. The largest absolute Gasteiger partial charge is 0.368 e. The summed E-state index contributed by atoms with van der Waals surface area (Å²) in [5.74, 6) is 2.12. The van der Waals surface area contributed by atoms with Crippen molar-refractivity contribution in [1.29, 1.82) is 0 Å². The number of hydrogen-bond donors (Lipinski definition) is 1. The Bertz CT molecular complexity index is 990. The van der Waals surface area contributed by atoms with Gasteiger partial charge in [-0.2, -0.15) is 0 Å². The van der Waals surface area contributed by atoms with Gasteiger partial charge in [0.05, 0.1) is 5.56 Å². The van der Waals surface area contributed by atoms with Crippen LogP contribution in [0.4, 0.5) is 17.3 Å². The molecule has 1 fully saturated rings. The van der Waals surface area contributed by atoms with Crippen LogP contribution in [0.3, 0.4) is 0 Å². The zero-order chi connectivity index (χ0) is 20.8. The molecule has 1 N–H and O–H groups in total. The van der Waals surface area contributed by atoms with Gasteiger partial charge in [-0.3, -0.25) is 4.79 Å². The van der Waals surface area contributed by atoms with Crippen LogP contribution in [0.1, 0.15) is 17.3 Å². The van der Waals surface area contributed by atoms with Gasteiger partial charge in [0.25, 0.3) is 5.91 Å². The van der Waals surface area contributed by atoms with Crippen molar-refractivity contribution >= 4 is 35.0 Å². The monoisotopic (exact) mass is 419 g/mol. The Kier molecular flexibility index (Phi) is 6.49. The van der Waals surface area contributed by atoms with Gasteiger partial charge in [-0.05, 0) is 30.0 Å². The number of benzene rings is 2. The number of anilines is 3. The first-order valence-electron chi connectivity index (χ1n) is 10.1. The lowest BCUT2D eigenvalue weighted by Crippen LogP contribution is -2.46. The van der Waals surface area contributed by atoms with E-state index < -0.39 is 0 Å². The van der Waals surface area contributed by atoms with E-state index in [9.17, 15) is 4.79 Å². The fourth-order valence-electron chi connectivity index (χ4n) is 3.54. The molecule has 0 spiro atoms. The van der Waals surface area contributed by atoms with E-state index in [1.54, 1.807) is 11.8 Å². The molecule has 154 valence electrons. The second-order valence-electron chi connectivity index (χ2n) is 6.95. The second-order valence-corrected chi connectivity index (χ2v) is 8.26. The van der Waals surface area contributed by atoms with Crippen molar-refractivity contribution in [3.8, 4) is 0 Å². The summed E-state index contributed by atoms with van der Waals surface area (Å²) in [4.78, 5) is 27.1. The number of hydrogen-bond acceptors (Lipinski definition) is 6. The number of amides is 1. The molecule has 0 saturated carbocycles. The van der Waals surface area contributed by atoms with Crippen LogP contribution in [-0.4, -0.2) is 47.8 Å². The smallest absolute Gasteiger partial charge is 0.257 e. The summed E-state index contributed by atoms with van der Waals surface area (Å²) >= 11 is 1.66. The number of nitrogens with zero attached hydrogens (tertiary/aromatic N) is 4. The molecule has 1 aliphatic rings. The number of aromatic nitrogens is 2. The number of rotatable bonds is 6. The van der Waals surface area contributed by atoms with E-state index >= 15 is 0 Å². The molecule has 1 aliphatic heterocycles. The van der Waals surface area contributed by atoms with Gasteiger partial charge in [0.15, 0.2) is 0 Å². The lowest BCUT2D eigenvalue weighted by atomic mass is 10.2. The Balaban J connectivity index is 1.42. The Morgan fingerprint density at radius 1 is 0.967 bits per heavy atom. The first-order chi connectivity index (χ1) is 14.7. The molecular weight excluding hydrogens is 394 g/mol. The van der Waals surface area contributed by atoms with Gasteiger partial charge in [-0.1, -0.05) is 37.3 Å². The average molecular weight is 420 g/mol. The third-order valence-electron chi connectivity index (χ3n) is 5.05. The average Bonchev–Trinajstić information content (AvgIpc) is 2.80. The van der Waals surface area contributed by atoms with Crippen molar-refractivity contribution < 1.29 is 4.79 Å². The molecule has 2 heterocycles. The van der Waals surface area contributed by atoms with E-state index in [0.29, 0.717) is 11.4 Å². The lowest BCUT2D eigenvalue weighted by molar-refractivity contribution is 0.102. The normalized spacial score (nSPS) is 13.9. The fourth-order valence-corrected chi connectivity index (χ4v) is 4.34. The van der Waals surface area contributed by atoms with Crippen LogP contribution in [0.25, 0.3) is 0 Å². The van der Waals surface area contributed by atoms with Gasteiger partial charge < -0.3 is 15.1 Å². The van der Waals surface area contributed by atoms with Crippen molar-refractivity contribution in [2.75, 3.05) is 47.0 Å². The van der Waals surface area contributed by atoms with Crippen molar-refractivity contribution in [3.05, 3.63) is 72.6 Å². The van der Waals surface area contributed by atoms with Gasteiger partial charge in [0.1, 0.15) is 18.0 Å². The predicted octanol–water partition coefficient (Wildman–Crippen LogP) is 4.17. The molecule has 0 aliphatic carbocycles. The van der Waals surface area contributed by atoms with Crippen molar-refractivity contribution in [2.24, 2.45) is 0 Å². The SMILES string of the molecule is CCSc1ccccc1C(=O)Nc1cc(N2CCN(c3ccccc3)CC2)ncn1. The first-order valence-corrected chi connectivity index (χ1v) is 11.1. The minimum atomic E-state index is -0.148. The van der Waals surface area contributed by atoms with E-state index in [-0.39, 0.29) is 5.91 Å². The molecule has 1 aromatic heterocycles. The maximum atomic E-state index is 12.8. The number of nitrogens with one attached hydrogen (secondary N) is 1. The molecular formula is C23H25N5OS. The van der Waals surface area contributed by atoms with Crippen LogP contribution >= 0.6 is 11.8 Å². The van der Waals surface area contributed by atoms with Gasteiger partial charge in [0, 0.05) is 42.8 Å². The molecule has 30 heavy (non-hydrogen) atoms. The highest BCUT2D eigenvalue weighted by molar-refractivity contribution is 7.99. The zero-order valence-electron chi connectivity index (χ0n) is 17.0. The number of para-hydroxylation sites is 1. The zero-order valence-corrected chi connectivity index (χ0v) is 17.8. The number of carbonyl (C=O) groups is 1. The molecule has 1 saturated heterocycles. The summed E-state index contributed by atoms with van der Waals surface area (Å²) in [5.41, 5.74) is 1.91. The molecule has 4 rings (SSSR count). The number of thioether (sulfide) groups is 1. The van der Waals surface area contributed by atoms with Gasteiger partial charge >= 0.3 is 0 Å². The Morgan fingerprint density at radius 2 is 1.67 bits per heavy atom. The number of carbonyl (C=O) groups excluding carboxylic acids is 1. The molecule has 0 radical (unpaired) electrons. The highest BCUT2D eigenvalue weighted by Gasteiger charge is 2.19. The van der Waals surface area contributed by atoms with E-state index in [1.807, 2.05) is 36.4 Å². The van der Waals surface area contributed by atoms with E-state index in [1.165, 1.54) is 12.0 Å². The quantitative estimate of drug-likeness (QED) is 0.605. The van der Waals surface area contributed by atoms with Crippen LogP contribution < -0.4 is 15.1 Å². The van der Waals surface area contributed by atoms with E-state index in [0.717, 1.165) is 42.6 Å². The molecule has 2 aromatic carbocycles. The maximum Gasteiger partial charge on any atom is 0.257 e. The molecule has 0 bridgehead atoms. The molecule has 0 unspecified atom stereocenters. The highest BCUT2D eigenvalue weighted by Crippen LogP contribution is 2.24. The summed E-state index contributed by atoms with van der Waals surface area (Å²) in [5, 5.41) is 2.93. The topological polar surface area (TPSA) is 61.4 Å². The highest BCUT2D eigenvalue weighted by atomic mass is 32.2. The Labute approximate surface area is 181 Å². The fraction of sp³-hybridized carbons (Fsp3) is 0.261. The molecule has 3 aromatic rings. The minimum absolute atomic E-state index is 0.148. The van der Waals surface area contributed by atoms with E-state index in [4.69, 9.17) is 0 Å². The van der Waals surface area contributed by atoms with Gasteiger partial charge in [0.2, 0.25) is 0 Å². The van der Waals surface area contributed by atoms with Crippen LogP contribution in [0, 0.1) is 0 Å². The molecule has 0 atom stereocenters. The third kappa shape index (κ3) is 4.74. The van der Waals surface area contributed by atoms with Crippen LogP contribution in [0.5, 0.6) is 0 Å². The van der Waals surface area contributed by atoms with Crippen LogP contribution in [-0.2, 0) is 0 Å². The Morgan fingerprint density at radius 3 is 2.43 bits per heavy atom. The van der Waals surface area contributed by atoms with Crippen molar-refractivity contribution in [1.82, 2.24) is 9.97 Å². The molecule has 7 heteroatoms. The molecule has 1 amide bonds. The van der Waals surface area contributed by atoms with E-state index in [2.05, 4.69) is 56.3 Å². The van der Waals surface area contributed by atoms with Gasteiger partial charge in [-0.15, -0.1) is 11.8 Å². The third-order valence-corrected chi connectivity index (χ3v) is 6.01. The summed E-state index contributed by atoms with van der Waals surface area (Å²) in [6.45, 7) is 5.67. The van der Waals surface area contributed by atoms with Crippen molar-refractivity contribution in [2.45, 2.75) is 11.8 Å². The maximum absolute atomic E-state index is 12.8. The predicted molar refractivity (Wildman–Crippen MR) is 124 cm³/mol. The minimum Gasteiger partial charge on any atom is -0.368 e. The summed E-state index contributed by atoms with van der Waals surface area (Å²) in [6, 6.07) is 20.0. The summed E-state index contributed by atoms with van der Waals surface area (Å²) in [6.07, 6.45) is 1.52. The Hall–Kier alpha value is -3.06. The second kappa shape index (κ2) is 9.63. The number of piperazine rings is 1. The summed E-state index contributed by atoms with van der Waals surface area (Å²) in [7, 11) is 0. The summed E-state index contributed by atoms with van der Waals surface area (Å²) < 4.78 is 0. The van der Waals surface area contributed by atoms with Gasteiger partial charge in [-0.25, -0.2) is 9.97 Å². The van der Waals surface area contributed by atoms with Crippen LogP contribution in [0.2, 0.25) is 0 Å². The standard InChI is InChI=1S/C23H25N5OS/c1-2-30-20-11-7-6-10-19(20)23(29)26-21-16-22(25-17-24-21)28-14-12-27(13-15-28)18-8-4-3-5-9-18/h3-11,16-17H,2,12-15H2,1H3,(H,24,25,26,29).